The Morgan fingerprint density at radius 1 is 1.23 bits per heavy atom. The molecule has 2 rings (SSSR count). The molecular weight excluding hydrogens is 295 g/mol. The summed E-state index contributed by atoms with van der Waals surface area (Å²) in [4.78, 5) is 11.7. The van der Waals surface area contributed by atoms with E-state index in [9.17, 15) is 23.1 Å². The Hall–Kier alpha value is -1.56. The van der Waals surface area contributed by atoms with Crippen LogP contribution in [0.2, 0.25) is 0 Å². The number of hydrogen-bond acceptors (Lipinski definition) is 2. The standard InChI is InChI=1S/C16H20F3NO2/c17-16(18,19)13-7-5-12(6-8-13)14(21)10-20-15(22)9-11-3-1-2-4-11/h5-8,11,14,21H,1-4,9-10H2,(H,20,22). The molecule has 0 heterocycles. The second-order valence-electron chi connectivity index (χ2n) is 5.79. The van der Waals surface area contributed by atoms with Crippen molar-refractivity contribution in [2.45, 2.75) is 44.4 Å². The summed E-state index contributed by atoms with van der Waals surface area (Å²) in [7, 11) is 0. The topological polar surface area (TPSA) is 49.3 Å². The van der Waals surface area contributed by atoms with Crippen LogP contribution in [0.15, 0.2) is 24.3 Å². The van der Waals surface area contributed by atoms with Crippen LogP contribution in [0.1, 0.15) is 49.3 Å². The quantitative estimate of drug-likeness (QED) is 0.874. The van der Waals surface area contributed by atoms with Gasteiger partial charge in [0.25, 0.3) is 0 Å². The molecule has 1 aliphatic carbocycles. The predicted molar refractivity (Wildman–Crippen MR) is 76.0 cm³/mol. The number of halogens is 3. The Balaban J connectivity index is 1.81. The lowest BCUT2D eigenvalue weighted by atomic mass is 10.0. The lowest BCUT2D eigenvalue weighted by Crippen LogP contribution is -2.29. The van der Waals surface area contributed by atoms with Crippen LogP contribution in [0.3, 0.4) is 0 Å². The molecule has 1 aromatic carbocycles. The van der Waals surface area contributed by atoms with Gasteiger partial charge in [-0.3, -0.25) is 4.79 Å². The minimum atomic E-state index is -4.39. The number of carbonyl (C=O) groups excluding carboxylic acids is 1. The van der Waals surface area contributed by atoms with E-state index in [1.54, 1.807) is 0 Å². The summed E-state index contributed by atoms with van der Waals surface area (Å²) >= 11 is 0. The highest BCUT2D eigenvalue weighted by Gasteiger charge is 2.30. The third-order valence-electron chi connectivity index (χ3n) is 4.06. The number of alkyl halides is 3. The molecule has 0 radical (unpaired) electrons. The zero-order chi connectivity index (χ0) is 16.2. The monoisotopic (exact) mass is 315 g/mol. The van der Waals surface area contributed by atoms with Gasteiger partial charge < -0.3 is 10.4 Å². The minimum Gasteiger partial charge on any atom is -0.387 e. The molecule has 1 aromatic rings. The van der Waals surface area contributed by atoms with E-state index in [2.05, 4.69) is 5.32 Å². The molecule has 1 saturated carbocycles. The summed E-state index contributed by atoms with van der Waals surface area (Å²) in [5, 5.41) is 12.6. The highest BCUT2D eigenvalue weighted by atomic mass is 19.4. The maximum absolute atomic E-state index is 12.4. The first-order chi connectivity index (χ1) is 10.4. The predicted octanol–water partition coefficient (Wildman–Crippen LogP) is 3.44. The van der Waals surface area contributed by atoms with Gasteiger partial charge in [0.15, 0.2) is 0 Å². The molecule has 1 atom stereocenters. The first-order valence-corrected chi connectivity index (χ1v) is 7.48. The molecule has 22 heavy (non-hydrogen) atoms. The van der Waals surface area contributed by atoms with Gasteiger partial charge in [-0.05, 0) is 36.5 Å². The summed E-state index contributed by atoms with van der Waals surface area (Å²) in [6, 6.07) is 4.32. The average Bonchev–Trinajstić information content (AvgIpc) is 2.97. The molecule has 0 aromatic heterocycles. The van der Waals surface area contributed by atoms with E-state index >= 15 is 0 Å². The zero-order valence-electron chi connectivity index (χ0n) is 12.2. The van der Waals surface area contributed by atoms with Crippen LogP contribution in [-0.4, -0.2) is 17.6 Å². The molecule has 2 N–H and O–H groups in total. The third kappa shape index (κ3) is 4.73. The second kappa shape index (κ2) is 7.13. The molecule has 1 aliphatic rings. The molecule has 0 aliphatic heterocycles. The maximum Gasteiger partial charge on any atom is 0.416 e. The van der Waals surface area contributed by atoms with Crippen LogP contribution >= 0.6 is 0 Å². The van der Waals surface area contributed by atoms with Gasteiger partial charge in [0.1, 0.15) is 0 Å². The average molecular weight is 315 g/mol. The first-order valence-electron chi connectivity index (χ1n) is 7.48. The van der Waals surface area contributed by atoms with E-state index in [0.29, 0.717) is 17.9 Å². The van der Waals surface area contributed by atoms with Crippen LogP contribution in [0.5, 0.6) is 0 Å². The van der Waals surface area contributed by atoms with Crippen molar-refractivity contribution in [3.05, 3.63) is 35.4 Å². The number of carbonyl (C=O) groups is 1. The largest absolute Gasteiger partial charge is 0.416 e. The Bertz CT molecular complexity index is 493. The van der Waals surface area contributed by atoms with Gasteiger partial charge in [-0.15, -0.1) is 0 Å². The molecular formula is C16H20F3NO2. The fourth-order valence-corrected chi connectivity index (χ4v) is 2.77. The number of nitrogens with one attached hydrogen (secondary N) is 1. The maximum atomic E-state index is 12.4. The number of amides is 1. The van der Waals surface area contributed by atoms with Gasteiger partial charge in [-0.2, -0.15) is 13.2 Å². The number of hydrogen-bond donors (Lipinski definition) is 2. The van der Waals surface area contributed by atoms with E-state index in [1.807, 2.05) is 0 Å². The molecule has 3 nitrogen and oxygen atoms in total. The van der Waals surface area contributed by atoms with Crippen molar-refractivity contribution in [2.75, 3.05) is 6.54 Å². The number of aliphatic hydroxyl groups excluding tert-OH is 1. The Morgan fingerprint density at radius 2 is 1.82 bits per heavy atom. The Labute approximate surface area is 127 Å². The van der Waals surface area contributed by atoms with Gasteiger partial charge in [0.05, 0.1) is 11.7 Å². The number of rotatable bonds is 5. The summed E-state index contributed by atoms with van der Waals surface area (Å²) in [6.07, 6.45) is -0.490. The molecule has 0 saturated heterocycles. The number of benzene rings is 1. The van der Waals surface area contributed by atoms with Crippen molar-refractivity contribution in [2.24, 2.45) is 5.92 Å². The van der Waals surface area contributed by atoms with Crippen LogP contribution in [-0.2, 0) is 11.0 Å². The smallest absolute Gasteiger partial charge is 0.387 e. The summed E-state index contributed by atoms with van der Waals surface area (Å²) < 4.78 is 37.3. The van der Waals surface area contributed by atoms with Crippen molar-refractivity contribution >= 4 is 5.91 Å². The van der Waals surface area contributed by atoms with Crippen molar-refractivity contribution in [3.63, 3.8) is 0 Å². The van der Waals surface area contributed by atoms with E-state index in [4.69, 9.17) is 0 Å². The summed E-state index contributed by atoms with van der Waals surface area (Å²) in [5.74, 6) is 0.307. The molecule has 1 unspecified atom stereocenters. The van der Waals surface area contributed by atoms with Gasteiger partial charge in [-0.25, -0.2) is 0 Å². The molecule has 0 spiro atoms. The lowest BCUT2D eigenvalue weighted by Gasteiger charge is -2.15. The molecule has 0 bridgehead atoms. The Morgan fingerprint density at radius 3 is 2.36 bits per heavy atom. The summed E-state index contributed by atoms with van der Waals surface area (Å²) in [5.41, 5.74) is -0.400. The highest BCUT2D eigenvalue weighted by Crippen LogP contribution is 2.30. The van der Waals surface area contributed by atoms with Crippen molar-refractivity contribution in [1.29, 1.82) is 0 Å². The van der Waals surface area contributed by atoms with E-state index in [0.717, 1.165) is 37.8 Å². The van der Waals surface area contributed by atoms with Crippen LogP contribution in [0.4, 0.5) is 13.2 Å². The van der Waals surface area contributed by atoms with Crippen LogP contribution < -0.4 is 5.32 Å². The fourth-order valence-electron chi connectivity index (χ4n) is 2.77. The molecule has 1 fully saturated rings. The minimum absolute atomic E-state index is 0.0108. The van der Waals surface area contributed by atoms with Gasteiger partial charge in [0.2, 0.25) is 5.91 Å². The zero-order valence-corrected chi connectivity index (χ0v) is 12.2. The van der Waals surface area contributed by atoms with Crippen LogP contribution in [0, 0.1) is 5.92 Å². The number of aliphatic hydroxyl groups is 1. The van der Waals surface area contributed by atoms with Crippen molar-refractivity contribution < 1.29 is 23.1 Å². The molecule has 1 amide bonds. The second-order valence-corrected chi connectivity index (χ2v) is 5.79. The van der Waals surface area contributed by atoms with E-state index < -0.39 is 17.8 Å². The Kier molecular flexibility index (Phi) is 5.45. The normalized spacial score (nSPS) is 17.5. The van der Waals surface area contributed by atoms with E-state index in [-0.39, 0.29) is 12.5 Å². The van der Waals surface area contributed by atoms with Crippen LogP contribution in [0.25, 0.3) is 0 Å². The lowest BCUT2D eigenvalue weighted by molar-refractivity contribution is -0.137. The van der Waals surface area contributed by atoms with Gasteiger partial charge in [-0.1, -0.05) is 25.0 Å². The van der Waals surface area contributed by atoms with Gasteiger partial charge >= 0.3 is 6.18 Å². The fraction of sp³-hybridized carbons (Fsp3) is 0.562. The van der Waals surface area contributed by atoms with Crippen molar-refractivity contribution in [3.8, 4) is 0 Å². The SMILES string of the molecule is O=C(CC1CCCC1)NCC(O)c1ccc(C(F)(F)F)cc1. The molecule has 122 valence electrons. The van der Waals surface area contributed by atoms with Crippen molar-refractivity contribution in [1.82, 2.24) is 5.32 Å². The molecule has 6 heteroatoms. The third-order valence-corrected chi connectivity index (χ3v) is 4.06. The summed E-state index contributed by atoms with van der Waals surface area (Å²) in [6.45, 7) is 0.0108. The highest BCUT2D eigenvalue weighted by molar-refractivity contribution is 5.76. The van der Waals surface area contributed by atoms with Gasteiger partial charge in [0, 0.05) is 13.0 Å². The first kappa shape index (κ1) is 16.8. The van der Waals surface area contributed by atoms with E-state index in [1.165, 1.54) is 12.1 Å².